The van der Waals surface area contributed by atoms with Crippen LogP contribution in [-0.2, 0) is 11.3 Å². The van der Waals surface area contributed by atoms with Gasteiger partial charge in [-0.3, -0.25) is 14.2 Å². The zero-order chi connectivity index (χ0) is 21.1. The highest BCUT2D eigenvalue weighted by Gasteiger charge is 2.20. The van der Waals surface area contributed by atoms with E-state index in [1.807, 2.05) is 6.92 Å². The molecule has 2 aromatic heterocycles. The lowest BCUT2D eigenvalue weighted by Crippen LogP contribution is -2.21. The van der Waals surface area contributed by atoms with Crippen LogP contribution in [0.2, 0.25) is 0 Å². The number of ketones is 1. The van der Waals surface area contributed by atoms with Gasteiger partial charge in [-0.15, -0.1) is 11.3 Å². The molecule has 0 fully saturated rings. The summed E-state index contributed by atoms with van der Waals surface area (Å²) in [6.45, 7) is 7.74. The van der Waals surface area contributed by atoms with Gasteiger partial charge in [-0.25, -0.2) is 9.78 Å². The Morgan fingerprint density at radius 3 is 2.62 bits per heavy atom. The second-order valence-corrected chi connectivity index (χ2v) is 7.45. The average Bonchev–Trinajstić information content (AvgIpc) is 3.03. The highest BCUT2D eigenvalue weighted by Crippen LogP contribution is 2.28. The summed E-state index contributed by atoms with van der Waals surface area (Å²) in [5.74, 6) is 0.0912. The van der Waals surface area contributed by atoms with Crippen LogP contribution in [0.3, 0.4) is 0 Å². The Morgan fingerprint density at radius 1 is 1.21 bits per heavy atom. The predicted molar refractivity (Wildman–Crippen MR) is 111 cm³/mol. The number of nitrogens with zero attached hydrogens (tertiary/aromatic N) is 2. The Hall–Kier alpha value is -3.00. The zero-order valence-electron chi connectivity index (χ0n) is 16.8. The maximum atomic E-state index is 13.1. The van der Waals surface area contributed by atoms with Crippen molar-refractivity contribution in [3.05, 3.63) is 56.4 Å². The quantitative estimate of drug-likeness (QED) is 0.434. The van der Waals surface area contributed by atoms with Crippen LogP contribution in [0.4, 0.5) is 0 Å². The van der Waals surface area contributed by atoms with E-state index in [0.29, 0.717) is 44.1 Å². The molecule has 0 radical (unpaired) electrons. The molecule has 0 amide bonds. The Labute approximate surface area is 171 Å². The summed E-state index contributed by atoms with van der Waals surface area (Å²) in [5, 5.41) is 0.404. The van der Waals surface area contributed by atoms with Gasteiger partial charge in [0, 0.05) is 11.1 Å². The first-order valence-electron chi connectivity index (χ1n) is 9.29. The fourth-order valence-electron chi connectivity index (χ4n) is 3.06. The van der Waals surface area contributed by atoms with Gasteiger partial charge in [0.25, 0.3) is 5.56 Å². The Morgan fingerprint density at radius 2 is 1.97 bits per heavy atom. The van der Waals surface area contributed by atoms with Crippen LogP contribution in [0.1, 0.15) is 51.9 Å². The molecular formula is C21H22N2O5S. The number of aryl methyl sites for hydroxylation is 1. The number of Topliss-reactive ketones (excluding diaryl/α,β-unsaturated/α-hetero) is 1. The maximum Gasteiger partial charge on any atom is 0.348 e. The molecule has 152 valence electrons. The lowest BCUT2D eigenvalue weighted by atomic mass is 10.1. The number of ether oxygens (including phenoxy) is 2. The van der Waals surface area contributed by atoms with Gasteiger partial charge in [0.1, 0.15) is 15.5 Å². The van der Waals surface area contributed by atoms with E-state index in [9.17, 15) is 14.4 Å². The molecule has 29 heavy (non-hydrogen) atoms. The lowest BCUT2D eigenvalue weighted by Gasteiger charge is -2.13. The summed E-state index contributed by atoms with van der Waals surface area (Å²) in [6, 6.07) is 5.17. The minimum atomic E-state index is -0.452. The largest absolute Gasteiger partial charge is 0.494 e. The summed E-state index contributed by atoms with van der Waals surface area (Å²) in [6.07, 6.45) is 1.45. The normalized spacial score (nSPS) is 10.9. The monoisotopic (exact) mass is 414 g/mol. The average molecular weight is 414 g/mol. The minimum Gasteiger partial charge on any atom is -0.494 e. The van der Waals surface area contributed by atoms with Crippen molar-refractivity contribution in [3.8, 4) is 5.75 Å². The van der Waals surface area contributed by atoms with Crippen LogP contribution in [0, 0.1) is 6.92 Å². The van der Waals surface area contributed by atoms with E-state index in [4.69, 9.17) is 9.47 Å². The van der Waals surface area contributed by atoms with E-state index in [0.717, 1.165) is 11.3 Å². The van der Waals surface area contributed by atoms with Gasteiger partial charge in [-0.05, 0) is 51.5 Å². The molecule has 0 N–H and O–H groups in total. The topological polar surface area (TPSA) is 87.5 Å². The van der Waals surface area contributed by atoms with Gasteiger partial charge < -0.3 is 9.47 Å². The number of carbonyl (C=O) groups is 2. The molecule has 7 nitrogen and oxygen atoms in total. The molecule has 0 bridgehead atoms. The van der Waals surface area contributed by atoms with Crippen LogP contribution in [0.25, 0.3) is 10.2 Å². The third-order valence-electron chi connectivity index (χ3n) is 4.49. The molecule has 0 aliphatic carbocycles. The second-order valence-electron chi connectivity index (χ2n) is 6.45. The SMILES string of the molecule is CCOC(=O)c1sc2ncn(Cc3cc(C(C)=O)ccc3OCC)c(=O)c2c1C. The van der Waals surface area contributed by atoms with Crippen molar-refractivity contribution in [1.82, 2.24) is 9.55 Å². The highest BCUT2D eigenvalue weighted by atomic mass is 32.1. The number of thiophene rings is 1. The van der Waals surface area contributed by atoms with Gasteiger partial charge in [0.2, 0.25) is 0 Å². The van der Waals surface area contributed by atoms with Crippen LogP contribution >= 0.6 is 11.3 Å². The van der Waals surface area contributed by atoms with Crippen molar-refractivity contribution in [1.29, 1.82) is 0 Å². The van der Waals surface area contributed by atoms with Crippen LogP contribution in [-0.4, -0.2) is 34.5 Å². The smallest absolute Gasteiger partial charge is 0.348 e. The van der Waals surface area contributed by atoms with Crippen LogP contribution < -0.4 is 10.3 Å². The first kappa shape index (κ1) is 20.7. The predicted octanol–water partition coefficient (Wildman–Crippen LogP) is 3.59. The summed E-state index contributed by atoms with van der Waals surface area (Å²) in [5.41, 5.74) is 1.57. The Balaban J connectivity index is 2.08. The fraction of sp³-hybridized carbons (Fsp3) is 0.333. The van der Waals surface area contributed by atoms with Gasteiger partial charge in [0.15, 0.2) is 5.78 Å². The summed E-state index contributed by atoms with van der Waals surface area (Å²) >= 11 is 1.15. The van der Waals surface area contributed by atoms with Crippen LogP contribution in [0.5, 0.6) is 5.75 Å². The third-order valence-corrected chi connectivity index (χ3v) is 5.67. The second kappa shape index (κ2) is 8.57. The van der Waals surface area contributed by atoms with Crippen molar-refractivity contribution in [3.63, 3.8) is 0 Å². The number of rotatable bonds is 7. The van der Waals surface area contributed by atoms with Crippen molar-refractivity contribution >= 4 is 33.3 Å². The van der Waals surface area contributed by atoms with E-state index in [2.05, 4.69) is 4.98 Å². The molecule has 1 aromatic carbocycles. The van der Waals surface area contributed by atoms with Gasteiger partial charge in [-0.1, -0.05) is 0 Å². The molecule has 0 aliphatic rings. The number of fused-ring (bicyclic) bond motifs is 1. The first-order chi connectivity index (χ1) is 13.9. The van der Waals surface area contributed by atoms with Crippen molar-refractivity contribution in [2.24, 2.45) is 0 Å². The molecule has 0 atom stereocenters. The summed E-state index contributed by atoms with van der Waals surface area (Å²) in [4.78, 5) is 42.3. The molecule has 2 heterocycles. The molecule has 0 unspecified atom stereocenters. The number of carbonyl (C=O) groups excluding carboxylic acids is 2. The van der Waals surface area contributed by atoms with E-state index in [1.165, 1.54) is 17.8 Å². The Bertz CT molecular complexity index is 1150. The molecule has 0 saturated heterocycles. The molecule has 3 aromatic rings. The summed E-state index contributed by atoms with van der Waals surface area (Å²) < 4.78 is 12.2. The Kier molecular flexibility index (Phi) is 6.12. The fourth-order valence-corrected chi connectivity index (χ4v) is 4.10. The highest BCUT2D eigenvalue weighted by molar-refractivity contribution is 7.20. The lowest BCUT2D eigenvalue weighted by molar-refractivity contribution is 0.0531. The van der Waals surface area contributed by atoms with E-state index in [-0.39, 0.29) is 24.5 Å². The van der Waals surface area contributed by atoms with Crippen molar-refractivity contribution < 1.29 is 19.1 Å². The summed E-state index contributed by atoms with van der Waals surface area (Å²) in [7, 11) is 0. The van der Waals surface area contributed by atoms with Crippen molar-refractivity contribution in [2.45, 2.75) is 34.2 Å². The zero-order valence-corrected chi connectivity index (χ0v) is 17.6. The molecule has 8 heteroatoms. The van der Waals surface area contributed by atoms with E-state index < -0.39 is 5.97 Å². The molecule has 0 spiro atoms. The third kappa shape index (κ3) is 4.07. The van der Waals surface area contributed by atoms with Gasteiger partial charge in [-0.2, -0.15) is 0 Å². The maximum absolute atomic E-state index is 13.1. The van der Waals surface area contributed by atoms with Crippen molar-refractivity contribution in [2.75, 3.05) is 13.2 Å². The molecule has 0 saturated carbocycles. The number of benzene rings is 1. The van der Waals surface area contributed by atoms with E-state index in [1.54, 1.807) is 32.0 Å². The number of esters is 1. The standard InChI is InChI=1S/C21H22N2O5S/c1-5-27-16-8-7-14(13(4)24)9-15(16)10-23-11-22-19-17(20(23)25)12(3)18(29-19)21(26)28-6-2/h7-9,11H,5-6,10H2,1-4H3. The number of hydrogen-bond acceptors (Lipinski definition) is 7. The van der Waals surface area contributed by atoms with Gasteiger partial charge in [0.05, 0.1) is 31.5 Å². The number of hydrogen-bond donors (Lipinski definition) is 0. The molecule has 0 aliphatic heterocycles. The minimum absolute atomic E-state index is 0.0667. The van der Waals surface area contributed by atoms with E-state index >= 15 is 0 Å². The molecular weight excluding hydrogens is 392 g/mol. The van der Waals surface area contributed by atoms with Crippen LogP contribution in [0.15, 0.2) is 29.3 Å². The number of aromatic nitrogens is 2. The van der Waals surface area contributed by atoms with Gasteiger partial charge >= 0.3 is 5.97 Å². The molecule has 3 rings (SSSR count). The first-order valence-corrected chi connectivity index (χ1v) is 10.1.